The van der Waals surface area contributed by atoms with E-state index in [2.05, 4.69) is 10.3 Å². The highest BCUT2D eigenvalue weighted by atomic mass is 32.1. The molecule has 4 saturated carbocycles. The van der Waals surface area contributed by atoms with Crippen molar-refractivity contribution < 1.29 is 4.79 Å². The predicted octanol–water partition coefficient (Wildman–Crippen LogP) is 3.79. The van der Waals surface area contributed by atoms with Gasteiger partial charge in [-0.3, -0.25) is 4.79 Å². The first kappa shape index (κ1) is 12.6. The minimum absolute atomic E-state index is 0.0507. The van der Waals surface area contributed by atoms with Crippen molar-refractivity contribution in [3.05, 3.63) is 10.6 Å². The molecule has 1 amide bonds. The van der Waals surface area contributed by atoms with E-state index in [0.29, 0.717) is 0 Å². The summed E-state index contributed by atoms with van der Waals surface area (Å²) in [6.07, 6.45) is 11.0. The van der Waals surface area contributed by atoms with E-state index in [1.165, 1.54) is 36.3 Å². The molecule has 1 N–H and O–H groups in total. The molecule has 1 aromatic heterocycles. The van der Waals surface area contributed by atoms with Gasteiger partial charge in [-0.1, -0.05) is 0 Å². The van der Waals surface area contributed by atoms with Gasteiger partial charge in [-0.2, -0.15) is 0 Å². The monoisotopic (exact) mass is 302 g/mol. The van der Waals surface area contributed by atoms with Crippen molar-refractivity contribution in [3.8, 4) is 0 Å². The van der Waals surface area contributed by atoms with Crippen LogP contribution in [0.15, 0.2) is 0 Å². The van der Waals surface area contributed by atoms with Crippen molar-refractivity contribution in [1.82, 2.24) is 4.98 Å². The Kier molecular flexibility index (Phi) is 2.59. The van der Waals surface area contributed by atoms with E-state index >= 15 is 0 Å². The summed E-state index contributed by atoms with van der Waals surface area (Å²) < 4.78 is 0. The first-order valence-electron chi connectivity index (χ1n) is 8.50. The second kappa shape index (κ2) is 4.31. The Morgan fingerprint density at radius 1 is 1.10 bits per heavy atom. The number of amides is 1. The highest BCUT2D eigenvalue weighted by molar-refractivity contribution is 7.15. The van der Waals surface area contributed by atoms with E-state index in [-0.39, 0.29) is 11.3 Å². The molecule has 0 atom stereocenters. The molecule has 3 nitrogen and oxygen atoms in total. The van der Waals surface area contributed by atoms with Crippen LogP contribution in [-0.4, -0.2) is 10.9 Å². The number of carbonyl (C=O) groups excluding carboxylic acids is 1. The molecule has 0 aromatic carbocycles. The Labute approximate surface area is 129 Å². The largest absolute Gasteiger partial charge is 0.301 e. The van der Waals surface area contributed by atoms with E-state index in [1.54, 1.807) is 11.3 Å². The minimum atomic E-state index is -0.0507. The fraction of sp³-hybridized carbons (Fsp3) is 0.765. The van der Waals surface area contributed by atoms with Gasteiger partial charge in [-0.25, -0.2) is 4.98 Å². The van der Waals surface area contributed by atoms with Crippen LogP contribution in [0.4, 0.5) is 5.13 Å². The van der Waals surface area contributed by atoms with Crippen LogP contribution in [0.3, 0.4) is 0 Å². The molecule has 5 aliphatic rings. The average molecular weight is 302 g/mol. The summed E-state index contributed by atoms with van der Waals surface area (Å²) in [5.41, 5.74) is 1.19. The summed E-state index contributed by atoms with van der Waals surface area (Å²) >= 11 is 1.71. The second-order valence-electron chi connectivity index (χ2n) is 7.89. The number of aryl methyl sites for hydroxylation is 2. The van der Waals surface area contributed by atoms with Crippen molar-refractivity contribution in [3.63, 3.8) is 0 Å². The topological polar surface area (TPSA) is 42.0 Å². The van der Waals surface area contributed by atoms with E-state index in [0.717, 1.165) is 55.0 Å². The Morgan fingerprint density at radius 2 is 1.76 bits per heavy atom. The standard InChI is InChI=1S/C17H22N2OS/c20-15(19-16-18-13-2-1-3-14(13)21-16)17-7-10-4-11(8-17)6-12(5-10)9-17/h10-12H,1-9H2,(H,18,19,20). The predicted molar refractivity (Wildman–Crippen MR) is 83.4 cm³/mol. The van der Waals surface area contributed by atoms with Crippen LogP contribution in [0.5, 0.6) is 0 Å². The number of thiazole rings is 1. The molecule has 112 valence electrons. The third kappa shape index (κ3) is 1.91. The number of nitrogens with zero attached hydrogens (tertiary/aromatic N) is 1. The molecule has 0 unspecified atom stereocenters. The van der Waals surface area contributed by atoms with Crippen LogP contribution < -0.4 is 5.32 Å². The molecule has 4 heteroatoms. The van der Waals surface area contributed by atoms with Gasteiger partial charge in [0.15, 0.2) is 5.13 Å². The van der Waals surface area contributed by atoms with Crippen LogP contribution in [0.25, 0.3) is 0 Å². The third-order valence-electron chi connectivity index (χ3n) is 6.34. The lowest BCUT2D eigenvalue weighted by molar-refractivity contribution is -0.140. The number of rotatable bonds is 2. The maximum atomic E-state index is 12.9. The molecular formula is C17H22N2OS. The maximum absolute atomic E-state index is 12.9. The summed E-state index contributed by atoms with van der Waals surface area (Å²) in [7, 11) is 0. The minimum Gasteiger partial charge on any atom is -0.301 e. The van der Waals surface area contributed by atoms with Crippen LogP contribution in [0, 0.1) is 23.2 Å². The van der Waals surface area contributed by atoms with Gasteiger partial charge in [0, 0.05) is 4.88 Å². The zero-order valence-corrected chi connectivity index (χ0v) is 13.2. The summed E-state index contributed by atoms with van der Waals surface area (Å²) in [5, 5.41) is 4.06. The van der Waals surface area contributed by atoms with Gasteiger partial charge in [-0.15, -0.1) is 11.3 Å². The number of anilines is 1. The Hall–Kier alpha value is -0.900. The molecule has 5 aliphatic carbocycles. The number of hydrogen-bond acceptors (Lipinski definition) is 3. The van der Waals surface area contributed by atoms with E-state index < -0.39 is 0 Å². The fourth-order valence-electron chi connectivity index (χ4n) is 5.86. The Bertz CT molecular complexity index is 549. The maximum Gasteiger partial charge on any atom is 0.232 e. The normalized spacial score (nSPS) is 39.5. The van der Waals surface area contributed by atoms with Crippen molar-refractivity contribution in [2.24, 2.45) is 23.2 Å². The molecule has 1 aromatic rings. The highest BCUT2D eigenvalue weighted by Crippen LogP contribution is 2.60. The Balaban J connectivity index is 1.38. The molecule has 0 aliphatic heterocycles. The lowest BCUT2D eigenvalue weighted by Crippen LogP contribution is -2.51. The van der Waals surface area contributed by atoms with Gasteiger partial charge in [0.05, 0.1) is 11.1 Å². The lowest BCUT2D eigenvalue weighted by atomic mass is 9.49. The van der Waals surface area contributed by atoms with Crippen molar-refractivity contribution in [1.29, 1.82) is 0 Å². The third-order valence-corrected chi connectivity index (χ3v) is 7.41. The summed E-state index contributed by atoms with van der Waals surface area (Å²) in [4.78, 5) is 19.0. The number of aromatic nitrogens is 1. The van der Waals surface area contributed by atoms with Gasteiger partial charge in [0.2, 0.25) is 5.91 Å². The summed E-state index contributed by atoms with van der Waals surface area (Å²) in [6.45, 7) is 0. The van der Waals surface area contributed by atoms with Crippen LogP contribution in [0.2, 0.25) is 0 Å². The first-order chi connectivity index (χ1) is 10.2. The molecule has 0 saturated heterocycles. The molecule has 0 radical (unpaired) electrons. The first-order valence-corrected chi connectivity index (χ1v) is 9.32. The number of nitrogens with one attached hydrogen (secondary N) is 1. The zero-order chi connectivity index (χ0) is 14.0. The van der Waals surface area contributed by atoms with E-state index in [1.807, 2.05) is 0 Å². The zero-order valence-electron chi connectivity index (χ0n) is 12.4. The van der Waals surface area contributed by atoms with Crippen LogP contribution >= 0.6 is 11.3 Å². The van der Waals surface area contributed by atoms with E-state index in [9.17, 15) is 4.79 Å². The Morgan fingerprint density at radius 3 is 2.38 bits per heavy atom. The quantitative estimate of drug-likeness (QED) is 0.903. The highest BCUT2D eigenvalue weighted by Gasteiger charge is 2.54. The van der Waals surface area contributed by atoms with Gasteiger partial charge in [0.25, 0.3) is 0 Å². The van der Waals surface area contributed by atoms with Crippen molar-refractivity contribution in [2.75, 3.05) is 5.32 Å². The SMILES string of the molecule is O=C(Nc1nc2c(s1)CCC2)C12CC3CC(CC(C3)C1)C2. The molecule has 1 heterocycles. The molecule has 4 fully saturated rings. The van der Waals surface area contributed by atoms with E-state index in [4.69, 9.17) is 0 Å². The van der Waals surface area contributed by atoms with Gasteiger partial charge in [-0.05, 0) is 75.5 Å². The van der Waals surface area contributed by atoms with Gasteiger partial charge < -0.3 is 5.32 Å². The number of carbonyl (C=O) groups is 1. The lowest BCUT2D eigenvalue weighted by Gasteiger charge is -2.55. The molecular weight excluding hydrogens is 280 g/mol. The molecule has 0 spiro atoms. The van der Waals surface area contributed by atoms with Gasteiger partial charge >= 0.3 is 0 Å². The van der Waals surface area contributed by atoms with Crippen molar-refractivity contribution >= 4 is 22.4 Å². The smallest absolute Gasteiger partial charge is 0.232 e. The van der Waals surface area contributed by atoms with Gasteiger partial charge in [0.1, 0.15) is 0 Å². The second-order valence-corrected chi connectivity index (χ2v) is 8.98. The van der Waals surface area contributed by atoms with Crippen molar-refractivity contribution in [2.45, 2.75) is 57.8 Å². The van der Waals surface area contributed by atoms with Crippen LogP contribution in [-0.2, 0) is 17.6 Å². The fourth-order valence-corrected chi connectivity index (χ4v) is 6.91. The average Bonchev–Trinajstić information content (AvgIpc) is 2.97. The molecule has 21 heavy (non-hydrogen) atoms. The summed E-state index contributed by atoms with van der Waals surface area (Å²) in [6, 6.07) is 0. The molecule has 6 rings (SSSR count). The molecule has 4 bridgehead atoms. The summed E-state index contributed by atoms with van der Waals surface area (Å²) in [5.74, 6) is 2.75. The van der Waals surface area contributed by atoms with Crippen LogP contribution in [0.1, 0.15) is 55.5 Å². The number of fused-ring (bicyclic) bond motifs is 1. The number of hydrogen-bond donors (Lipinski definition) is 1.